The molecule has 0 aromatic heterocycles. The molecule has 1 saturated carbocycles. The van der Waals surface area contributed by atoms with Crippen LogP contribution in [0.1, 0.15) is 40.5 Å². The van der Waals surface area contributed by atoms with Gasteiger partial charge in [0.1, 0.15) is 17.8 Å². The van der Waals surface area contributed by atoms with Crippen molar-refractivity contribution >= 4 is 0 Å². The highest BCUT2D eigenvalue weighted by atomic mass is 16.7. The van der Waals surface area contributed by atoms with E-state index in [0.29, 0.717) is 12.8 Å². The molecule has 112 valence electrons. The minimum Gasteiger partial charge on any atom is -0.388 e. The lowest BCUT2D eigenvalue weighted by atomic mass is 9.79. The monoisotopic (exact) mass is 280 g/mol. The number of hydrogen-bond acceptors (Lipinski definition) is 4. The average molecular weight is 280 g/mol. The second-order valence-electron chi connectivity index (χ2n) is 7.10. The summed E-state index contributed by atoms with van der Waals surface area (Å²) in [5, 5.41) is 20.5. The van der Waals surface area contributed by atoms with Gasteiger partial charge >= 0.3 is 0 Å². The lowest BCUT2D eigenvalue weighted by molar-refractivity contribution is -0.0855. The maximum atomic E-state index is 10.4. The summed E-state index contributed by atoms with van der Waals surface area (Å²) in [5.74, 6) is 0. The average Bonchev–Trinajstić information content (AvgIpc) is 2.92. The molecule has 1 aliphatic carbocycles. The Kier molecular flexibility index (Phi) is 3.14. The van der Waals surface area contributed by atoms with Gasteiger partial charge in [-0.1, -0.05) is 17.7 Å². The van der Waals surface area contributed by atoms with E-state index in [-0.39, 0.29) is 23.9 Å². The largest absolute Gasteiger partial charge is 0.388 e. The summed E-state index contributed by atoms with van der Waals surface area (Å²) in [6.07, 6.45) is 4.32. The Morgan fingerprint density at radius 2 is 2.10 bits per heavy atom. The fourth-order valence-electron chi connectivity index (χ4n) is 3.35. The molecular weight excluding hydrogens is 256 g/mol. The quantitative estimate of drug-likeness (QED) is 0.756. The molecule has 2 aliphatic heterocycles. The van der Waals surface area contributed by atoms with E-state index in [4.69, 9.17) is 9.47 Å². The van der Waals surface area contributed by atoms with E-state index in [1.165, 1.54) is 5.57 Å². The van der Waals surface area contributed by atoms with Gasteiger partial charge in [0.25, 0.3) is 0 Å². The molecule has 4 heteroatoms. The van der Waals surface area contributed by atoms with Gasteiger partial charge in [-0.2, -0.15) is 0 Å². The molecule has 1 spiro atoms. The van der Waals surface area contributed by atoms with Crippen LogP contribution >= 0.6 is 0 Å². The molecule has 4 nitrogen and oxygen atoms in total. The minimum absolute atomic E-state index is 0.0517. The first-order valence-corrected chi connectivity index (χ1v) is 7.32. The third kappa shape index (κ3) is 2.15. The number of hydrogen-bond donors (Lipinski definition) is 2. The SMILES string of the molecule is CC(C)=C/C=C1/C[C@@H]2O[C@@H](C(C)(C)O)C[C@]23O[C@H]3[C@@H]1O. The summed E-state index contributed by atoms with van der Waals surface area (Å²) >= 11 is 0. The van der Waals surface area contributed by atoms with Crippen molar-refractivity contribution in [2.45, 2.75) is 76.2 Å². The van der Waals surface area contributed by atoms with Gasteiger partial charge in [-0.3, -0.25) is 0 Å². The van der Waals surface area contributed by atoms with Crippen LogP contribution in [0.25, 0.3) is 0 Å². The molecule has 3 rings (SSSR count). The first kappa shape index (κ1) is 14.3. The van der Waals surface area contributed by atoms with Crippen molar-refractivity contribution < 1.29 is 19.7 Å². The summed E-state index contributed by atoms with van der Waals surface area (Å²) in [6, 6.07) is 0. The predicted molar refractivity (Wildman–Crippen MR) is 75.3 cm³/mol. The Morgan fingerprint density at radius 3 is 2.70 bits per heavy atom. The third-order valence-electron chi connectivity index (χ3n) is 4.66. The van der Waals surface area contributed by atoms with Crippen LogP contribution in [0.4, 0.5) is 0 Å². The second-order valence-corrected chi connectivity index (χ2v) is 7.10. The first-order chi connectivity index (χ1) is 9.24. The molecule has 2 N–H and O–H groups in total. The Hall–Kier alpha value is -0.680. The summed E-state index contributed by atoms with van der Waals surface area (Å²) in [7, 11) is 0. The molecule has 0 amide bonds. The van der Waals surface area contributed by atoms with Crippen molar-refractivity contribution in [1.82, 2.24) is 0 Å². The van der Waals surface area contributed by atoms with Gasteiger partial charge < -0.3 is 19.7 Å². The van der Waals surface area contributed by atoms with Crippen LogP contribution in [-0.4, -0.2) is 45.8 Å². The number of epoxide rings is 1. The van der Waals surface area contributed by atoms with Crippen LogP contribution in [-0.2, 0) is 9.47 Å². The molecular formula is C16H24O4. The van der Waals surface area contributed by atoms with Gasteiger partial charge in [-0.25, -0.2) is 0 Å². The third-order valence-corrected chi connectivity index (χ3v) is 4.66. The Labute approximate surface area is 120 Å². The predicted octanol–water partition coefficient (Wildman–Crippen LogP) is 1.71. The first-order valence-electron chi connectivity index (χ1n) is 7.32. The van der Waals surface area contributed by atoms with Gasteiger partial charge in [-0.05, 0) is 33.3 Å². The van der Waals surface area contributed by atoms with Crippen molar-refractivity contribution in [2.75, 3.05) is 0 Å². The molecule has 3 fully saturated rings. The molecule has 0 bridgehead atoms. The van der Waals surface area contributed by atoms with Crippen LogP contribution in [0.15, 0.2) is 23.3 Å². The zero-order valence-electron chi connectivity index (χ0n) is 12.6. The molecule has 0 radical (unpaired) electrons. The molecule has 2 heterocycles. The highest BCUT2D eigenvalue weighted by molar-refractivity contribution is 5.33. The molecule has 0 aromatic rings. The van der Waals surface area contributed by atoms with Crippen LogP contribution < -0.4 is 0 Å². The molecule has 0 aromatic carbocycles. The van der Waals surface area contributed by atoms with Gasteiger partial charge in [-0.15, -0.1) is 0 Å². The molecule has 5 atom stereocenters. The van der Waals surface area contributed by atoms with Gasteiger partial charge in [0, 0.05) is 12.8 Å². The van der Waals surface area contributed by atoms with Crippen LogP contribution in [0.2, 0.25) is 0 Å². The highest BCUT2D eigenvalue weighted by Crippen LogP contribution is 2.58. The number of rotatable bonds is 2. The Bertz CT molecular complexity index is 469. The van der Waals surface area contributed by atoms with Crippen molar-refractivity contribution in [2.24, 2.45) is 0 Å². The topological polar surface area (TPSA) is 62.2 Å². The zero-order chi connectivity index (χ0) is 14.7. The Morgan fingerprint density at radius 1 is 1.40 bits per heavy atom. The van der Waals surface area contributed by atoms with E-state index in [2.05, 4.69) is 0 Å². The van der Waals surface area contributed by atoms with Crippen molar-refractivity contribution in [1.29, 1.82) is 0 Å². The maximum absolute atomic E-state index is 10.4. The van der Waals surface area contributed by atoms with Crippen LogP contribution in [0.3, 0.4) is 0 Å². The minimum atomic E-state index is -0.878. The standard InChI is InChI=1S/C16H24O4/c1-9(2)5-6-10-7-11-16(14(20-16)13(10)17)8-12(19-11)15(3,4)18/h5-6,11-14,17-18H,7-8H2,1-4H3/b10-6-/t11-,12+,13+,14-,16-/m0/s1. The van der Waals surface area contributed by atoms with E-state index in [9.17, 15) is 10.2 Å². The normalized spacial score (nSPS) is 45.0. The lowest BCUT2D eigenvalue weighted by Crippen LogP contribution is -2.39. The zero-order valence-corrected chi connectivity index (χ0v) is 12.6. The maximum Gasteiger partial charge on any atom is 0.127 e. The number of allylic oxidation sites excluding steroid dienone is 3. The number of aliphatic hydroxyl groups is 2. The van der Waals surface area contributed by atoms with E-state index < -0.39 is 11.7 Å². The number of aliphatic hydroxyl groups excluding tert-OH is 1. The summed E-state index contributed by atoms with van der Waals surface area (Å²) in [6.45, 7) is 7.58. The second kappa shape index (κ2) is 4.41. The van der Waals surface area contributed by atoms with Crippen LogP contribution in [0.5, 0.6) is 0 Å². The fourth-order valence-corrected chi connectivity index (χ4v) is 3.35. The molecule has 0 unspecified atom stereocenters. The lowest BCUT2D eigenvalue weighted by Gasteiger charge is -2.27. The fraction of sp³-hybridized carbons (Fsp3) is 0.750. The summed E-state index contributed by atoms with van der Waals surface area (Å²) in [4.78, 5) is 0. The highest BCUT2D eigenvalue weighted by Gasteiger charge is 2.72. The van der Waals surface area contributed by atoms with E-state index in [1.807, 2.05) is 26.0 Å². The van der Waals surface area contributed by atoms with E-state index >= 15 is 0 Å². The van der Waals surface area contributed by atoms with Crippen molar-refractivity contribution in [3.05, 3.63) is 23.3 Å². The summed E-state index contributed by atoms with van der Waals surface area (Å²) < 4.78 is 11.8. The van der Waals surface area contributed by atoms with Crippen molar-refractivity contribution in [3.8, 4) is 0 Å². The molecule has 2 saturated heterocycles. The summed E-state index contributed by atoms with van der Waals surface area (Å²) in [5.41, 5.74) is 0.912. The van der Waals surface area contributed by atoms with E-state index in [0.717, 1.165) is 5.57 Å². The van der Waals surface area contributed by atoms with Crippen molar-refractivity contribution in [3.63, 3.8) is 0 Å². The molecule has 3 aliphatic rings. The van der Waals surface area contributed by atoms with Gasteiger partial charge in [0.2, 0.25) is 0 Å². The van der Waals surface area contributed by atoms with Crippen LogP contribution in [0, 0.1) is 0 Å². The Balaban J connectivity index is 1.81. The molecule has 20 heavy (non-hydrogen) atoms. The van der Waals surface area contributed by atoms with Gasteiger partial charge in [0.05, 0.1) is 17.8 Å². The smallest absolute Gasteiger partial charge is 0.127 e. The van der Waals surface area contributed by atoms with E-state index in [1.54, 1.807) is 13.8 Å². The van der Waals surface area contributed by atoms with Gasteiger partial charge in [0.15, 0.2) is 0 Å². The number of ether oxygens (including phenoxy) is 2.